The standard InChI is InChI=1S/C19H19N3O/c1-22(2)13-7-8-14-16(12-5-6-12)11-18(21-17(14)10-13)15-4-3-9-20-19(15)23/h3-4,7-12H,5-6H2,1-2H3,(H,20,23). The lowest BCUT2D eigenvalue weighted by molar-refractivity contribution is 1.12. The van der Waals surface area contributed by atoms with E-state index in [9.17, 15) is 4.79 Å². The summed E-state index contributed by atoms with van der Waals surface area (Å²) in [7, 11) is 4.05. The molecule has 1 aliphatic carbocycles. The maximum absolute atomic E-state index is 12.1. The van der Waals surface area contributed by atoms with E-state index in [1.165, 1.54) is 23.8 Å². The minimum atomic E-state index is -0.0927. The van der Waals surface area contributed by atoms with Crippen LogP contribution in [-0.4, -0.2) is 24.1 Å². The van der Waals surface area contributed by atoms with Crippen LogP contribution in [0, 0.1) is 0 Å². The number of aromatic amines is 1. The van der Waals surface area contributed by atoms with Crippen molar-refractivity contribution in [3.8, 4) is 11.3 Å². The van der Waals surface area contributed by atoms with Gasteiger partial charge in [-0.25, -0.2) is 4.98 Å². The highest BCUT2D eigenvalue weighted by atomic mass is 16.1. The van der Waals surface area contributed by atoms with Crippen LogP contribution in [0.5, 0.6) is 0 Å². The molecule has 4 rings (SSSR count). The van der Waals surface area contributed by atoms with Gasteiger partial charge in [-0.05, 0) is 54.7 Å². The first-order valence-electron chi connectivity index (χ1n) is 7.93. The van der Waals surface area contributed by atoms with Crippen LogP contribution in [-0.2, 0) is 0 Å². The molecule has 0 radical (unpaired) electrons. The van der Waals surface area contributed by atoms with Gasteiger partial charge >= 0.3 is 0 Å². The third-order valence-electron chi connectivity index (χ3n) is 4.45. The first-order valence-corrected chi connectivity index (χ1v) is 7.93. The lowest BCUT2D eigenvalue weighted by Crippen LogP contribution is -2.09. The van der Waals surface area contributed by atoms with Gasteiger partial charge in [0, 0.05) is 31.4 Å². The third kappa shape index (κ3) is 2.50. The molecule has 0 atom stereocenters. The van der Waals surface area contributed by atoms with E-state index in [1.807, 2.05) is 26.2 Å². The summed E-state index contributed by atoms with van der Waals surface area (Å²) in [6, 6.07) is 12.2. The lowest BCUT2D eigenvalue weighted by atomic mass is 10.0. The zero-order chi connectivity index (χ0) is 16.0. The van der Waals surface area contributed by atoms with E-state index in [2.05, 4.69) is 34.1 Å². The SMILES string of the molecule is CN(C)c1ccc2c(C3CC3)cc(-c3ccc[nH]c3=O)nc2c1. The smallest absolute Gasteiger partial charge is 0.257 e. The normalized spacial score (nSPS) is 14.2. The molecule has 23 heavy (non-hydrogen) atoms. The molecule has 0 unspecified atom stereocenters. The Morgan fingerprint density at radius 1 is 1.17 bits per heavy atom. The zero-order valence-electron chi connectivity index (χ0n) is 13.3. The Labute approximate surface area is 134 Å². The zero-order valence-corrected chi connectivity index (χ0v) is 13.3. The second-order valence-corrected chi connectivity index (χ2v) is 6.38. The van der Waals surface area contributed by atoms with Crippen LogP contribution in [0.3, 0.4) is 0 Å². The highest BCUT2D eigenvalue weighted by molar-refractivity contribution is 5.88. The predicted molar refractivity (Wildman–Crippen MR) is 94.1 cm³/mol. The van der Waals surface area contributed by atoms with E-state index in [-0.39, 0.29) is 5.56 Å². The Balaban J connectivity index is 1.98. The molecule has 0 bridgehead atoms. The van der Waals surface area contributed by atoms with E-state index in [0.717, 1.165) is 16.9 Å². The summed E-state index contributed by atoms with van der Waals surface area (Å²) < 4.78 is 0. The van der Waals surface area contributed by atoms with Crippen LogP contribution in [0.25, 0.3) is 22.2 Å². The summed E-state index contributed by atoms with van der Waals surface area (Å²) in [5, 5.41) is 1.20. The molecule has 1 aliphatic rings. The highest BCUT2D eigenvalue weighted by Crippen LogP contribution is 2.44. The molecule has 1 fully saturated rings. The number of hydrogen-bond donors (Lipinski definition) is 1. The molecule has 4 nitrogen and oxygen atoms in total. The fraction of sp³-hybridized carbons (Fsp3) is 0.263. The third-order valence-corrected chi connectivity index (χ3v) is 4.45. The van der Waals surface area contributed by atoms with Crippen LogP contribution in [0.1, 0.15) is 24.3 Å². The largest absolute Gasteiger partial charge is 0.378 e. The van der Waals surface area contributed by atoms with Crippen molar-refractivity contribution in [1.29, 1.82) is 0 Å². The lowest BCUT2D eigenvalue weighted by Gasteiger charge is -2.15. The molecular weight excluding hydrogens is 286 g/mol. The van der Waals surface area contributed by atoms with Gasteiger partial charge in [0.15, 0.2) is 0 Å². The highest BCUT2D eigenvalue weighted by Gasteiger charge is 2.26. The Morgan fingerprint density at radius 3 is 2.70 bits per heavy atom. The molecule has 0 saturated heterocycles. The van der Waals surface area contributed by atoms with Crippen molar-refractivity contribution in [2.45, 2.75) is 18.8 Å². The monoisotopic (exact) mass is 305 g/mol. The van der Waals surface area contributed by atoms with Crippen molar-refractivity contribution in [3.63, 3.8) is 0 Å². The van der Waals surface area contributed by atoms with Gasteiger partial charge in [0.25, 0.3) is 5.56 Å². The summed E-state index contributed by atoms with van der Waals surface area (Å²) in [5.41, 5.74) is 4.69. The van der Waals surface area contributed by atoms with Gasteiger partial charge in [-0.1, -0.05) is 6.07 Å². The number of benzene rings is 1. The van der Waals surface area contributed by atoms with Crippen molar-refractivity contribution in [1.82, 2.24) is 9.97 Å². The van der Waals surface area contributed by atoms with Gasteiger partial charge in [-0.3, -0.25) is 4.79 Å². The number of H-pyrrole nitrogens is 1. The number of rotatable bonds is 3. The molecule has 1 saturated carbocycles. The van der Waals surface area contributed by atoms with Gasteiger partial charge < -0.3 is 9.88 Å². The summed E-state index contributed by atoms with van der Waals surface area (Å²) >= 11 is 0. The fourth-order valence-corrected chi connectivity index (χ4v) is 3.02. The molecule has 3 aromatic rings. The van der Waals surface area contributed by atoms with Crippen molar-refractivity contribution < 1.29 is 0 Å². The minimum absolute atomic E-state index is 0.0927. The van der Waals surface area contributed by atoms with Crippen LogP contribution in [0.15, 0.2) is 47.4 Å². The van der Waals surface area contributed by atoms with Crippen molar-refractivity contribution >= 4 is 16.6 Å². The van der Waals surface area contributed by atoms with Gasteiger partial charge in [0.2, 0.25) is 0 Å². The van der Waals surface area contributed by atoms with Crippen LogP contribution in [0.2, 0.25) is 0 Å². The molecule has 0 spiro atoms. The topological polar surface area (TPSA) is 49.0 Å². The van der Waals surface area contributed by atoms with E-state index in [4.69, 9.17) is 4.98 Å². The van der Waals surface area contributed by atoms with Crippen molar-refractivity contribution in [2.24, 2.45) is 0 Å². The van der Waals surface area contributed by atoms with Gasteiger partial charge in [0.05, 0.1) is 16.8 Å². The number of anilines is 1. The Kier molecular flexibility index (Phi) is 3.18. The maximum atomic E-state index is 12.1. The molecule has 2 aromatic heterocycles. The summed E-state index contributed by atoms with van der Waals surface area (Å²) in [4.78, 5) is 21.7. The molecule has 0 aliphatic heterocycles. The van der Waals surface area contributed by atoms with Crippen molar-refractivity contribution in [3.05, 3.63) is 58.5 Å². The number of fused-ring (bicyclic) bond motifs is 1. The minimum Gasteiger partial charge on any atom is -0.378 e. The van der Waals surface area contributed by atoms with Crippen LogP contribution < -0.4 is 10.5 Å². The number of nitrogens with one attached hydrogen (secondary N) is 1. The second-order valence-electron chi connectivity index (χ2n) is 6.38. The van der Waals surface area contributed by atoms with Crippen LogP contribution >= 0.6 is 0 Å². The molecule has 2 heterocycles. The van der Waals surface area contributed by atoms with E-state index < -0.39 is 0 Å². The molecule has 4 heteroatoms. The van der Waals surface area contributed by atoms with Gasteiger partial charge in [-0.15, -0.1) is 0 Å². The molecule has 1 aromatic carbocycles. The number of aromatic nitrogens is 2. The Bertz CT molecular complexity index is 939. The van der Waals surface area contributed by atoms with Crippen molar-refractivity contribution in [2.75, 3.05) is 19.0 Å². The summed E-state index contributed by atoms with van der Waals surface area (Å²) in [5.74, 6) is 0.604. The number of nitrogens with zero attached hydrogens (tertiary/aromatic N) is 2. The number of pyridine rings is 2. The van der Waals surface area contributed by atoms with E-state index in [0.29, 0.717) is 11.5 Å². The average molecular weight is 305 g/mol. The first-order chi connectivity index (χ1) is 11.1. The number of hydrogen-bond acceptors (Lipinski definition) is 3. The Morgan fingerprint density at radius 2 is 2.00 bits per heavy atom. The predicted octanol–water partition coefficient (Wildman–Crippen LogP) is 3.53. The first kappa shape index (κ1) is 14.0. The molecule has 0 amide bonds. The Hall–Kier alpha value is -2.62. The molecular formula is C19H19N3O. The fourth-order valence-electron chi connectivity index (χ4n) is 3.02. The molecule has 116 valence electrons. The maximum Gasteiger partial charge on any atom is 0.257 e. The van der Waals surface area contributed by atoms with Gasteiger partial charge in [0.1, 0.15) is 0 Å². The van der Waals surface area contributed by atoms with E-state index >= 15 is 0 Å². The molecule has 1 N–H and O–H groups in total. The average Bonchev–Trinajstić information content (AvgIpc) is 3.38. The summed E-state index contributed by atoms with van der Waals surface area (Å²) in [6.45, 7) is 0. The van der Waals surface area contributed by atoms with E-state index in [1.54, 1.807) is 6.20 Å². The second kappa shape index (κ2) is 5.23. The quantitative estimate of drug-likeness (QED) is 0.805. The van der Waals surface area contributed by atoms with Gasteiger partial charge in [-0.2, -0.15) is 0 Å². The van der Waals surface area contributed by atoms with Crippen LogP contribution in [0.4, 0.5) is 5.69 Å². The summed E-state index contributed by atoms with van der Waals surface area (Å²) in [6.07, 6.45) is 4.09.